The third kappa shape index (κ3) is 3.12. The van der Waals surface area contributed by atoms with Crippen molar-refractivity contribution < 1.29 is 9.18 Å². The minimum atomic E-state index is -0.415. The maximum Gasteiger partial charge on any atom is 0.269 e. The number of nitrogens with zero attached hydrogens (tertiary/aromatic N) is 3. The Morgan fingerprint density at radius 3 is 2.88 bits per heavy atom. The minimum Gasteiger partial charge on any atom is -0.350 e. The average Bonchev–Trinajstić information content (AvgIpc) is 3.27. The molecule has 0 saturated heterocycles. The van der Waals surface area contributed by atoms with Gasteiger partial charge in [0.25, 0.3) is 5.91 Å². The standard InChI is InChI=1S/C19H19FN4O/c1-13-21-9-10-24(13)12-19(7-8-19)11-22-18(25)16-6-5-14-3-2-4-15(20)17(14)23-16/h2-6,9-10H,7-8,11-12H2,1H3,(H,22,25). The number of hydrogen-bond acceptors (Lipinski definition) is 3. The normalized spacial score (nSPS) is 15.3. The Balaban J connectivity index is 1.46. The van der Waals surface area contributed by atoms with E-state index in [2.05, 4.69) is 19.9 Å². The Bertz CT molecular complexity index is 946. The van der Waals surface area contributed by atoms with Crippen LogP contribution in [0.3, 0.4) is 0 Å². The molecule has 5 nitrogen and oxygen atoms in total. The second-order valence-corrected chi connectivity index (χ2v) is 6.79. The molecule has 1 aliphatic carbocycles. The van der Waals surface area contributed by atoms with E-state index in [0.717, 1.165) is 25.2 Å². The molecule has 2 aromatic heterocycles. The first-order valence-corrected chi connectivity index (χ1v) is 8.38. The predicted molar refractivity (Wildman–Crippen MR) is 92.7 cm³/mol. The quantitative estimate of drug-likeness (QED) is 0.778. The van der Waals surface area contributed by atoms with Crippen LogP contribution in [-0.4, -0.2) is 27.0 Å². The largest absolute Gasteiger partial charge is 0.350 e. The molecule has 0 radical (unpaired) electrons. The van der Waals surface area contributed by atoms with Crippen LogP contribution in [-0.2, 0) is 6.54 Å². The van der Waals surface area contributed by atoms with Gasteiger partial charge in [-0.05, 0) is 31.9 Å². The predicted octanol–water partition coefficient (Wildman–Crippen LogP) is 3.09. The number of pyridine rings is 1. The molecule has 2 heterocycles. The monoisotopic (exact) mass is 338 g/mol. The first kappa shape index (κ1) is 15.7. The van der Waals surface area contributed by atoms with Crippen molar-refractivity contribution in [2.75, 3.05) is 6.54 Å². The summed E-state index contributed by atoms with van der Waals surface area (Å²) < 4.78 is 16.0. The lowest BCUT2D eigenvalue weighted by Gasteiger charge is -2.17. The fourth-order valence-corrected chi connectivity index (χ4v) is 3.10. The van der Waals surface area contributed by atoms with Gasteiger partial charge in [0.05, 0.1) is 0 Å². The van der Waals surface area contributed by atoms with Gasteiger partial charge >= 0.3 is 0 Å². The van der Waals surface area contributed by atoms with Crippen LogP contribution in [0.25, 0.3) is 10.9 Å². The summed E-state index contributed by atoms with van der Waals surface area (Å²) >= 11 is 0. The van der Waals surface area contributed by atoms with Crippen LogP contribution in [0.5, 0.6) is 0 Å². The van der Waals surface area contributed by atoms with Gasteiger partial charge in [-0.25, -0.2) is 14.4 Å². The maximum atomic E-state index is 13.9. The van der Waals surface area contributed by atoms with Crippen LogP contribution in [0.2, 0.25) is 0 Å². The molecule has 25 heavy (non-hydrogen) atoms. The van der Waals surface area contributed by atoms with E-state index < -0.39 is 5.82 Å². The molecule has 0 unspecified atom stereocenters. The molecule has 1 amide bonds. The lowest BCUT2D eigenvalue weighted by atomic mass is 10.1. The van der Waals surface area contributed by atoms with Crippen molar-refractivity contribution in [3.63, 3.8) is 0 Å². The maximum absolute atomic E-state index is 13.9. The number of carbonyl (C=O) groups excluding carboxylic acids is 1. The molecular formula is C19H19FN4O. The molecular weight excluding hydrogens is 319 g/mol. The van der Waals surface area contributed by atoms with E-state index in [4.69, 9.17) is 0 Å². The molecule has 1 aromatic carbocycles. The molecule has 0 atom stereocenters. The van der Waals surface area contributed by atoms with Gasteiger partial charge in [0.1, 0.15) is 22.9 Å². The molecule has 0 bridgehead atoms. The highest BCUT2D eigenvalue weighted by Crippen LogP contribution is 2.46. The Morgan fingerprint density at radius 2 is 2.16 bits per heavy atom. The van der Waals surface area contributed by atoms with Gasteiger partial charge in [-0.15, -0.1) is 0 Å². The molecule has 1 N–H and O–H groups in total. The van der Waals surface area contributed by atoms with Crippen molar-refractivity contribution in [2.45, 2.75) is 26.3 Å². The van der Waals surface area contributed by atoms with Crippen LogP contribution >= 0.6 is 0 Å². The van der Waals surface area contributed by atoms with Crippen LogP contribution in [0.15, 0.2) is 42.7 Å². The van der Waals surface area contributed by atoms with Gasteiger partial charge in [0.15, 0.2) is 0 Å². The lowest BCUT2D eigenvalue weighted by Crippen LogP contribution is -2.33. The summed E-state index contributed by atoms with van der Waals surface area (Å²) in [6, 6.07) is 8.12. The first-order chi connectivity index (χ1) is 12.1. The third-order valence-electron chi connectivity index (χ3n) is 4.91. The van der Waals surface area contributed by atoms with Crippen molar-refractivity contribution >= 4 is 16.8 Å². The van der Waals surface area contributed by atoms with E-state index in [1.807, 2.05) is 13.1 Å². The Hall–Kier alpha value is -2.76. The van der Waals surface area contributed by atoms with Crippen molar-refractivity contribution in [1.82, 2.24) is 19.9 Å². The number of benzene rings is 1. The van der Waals surface area contributed by atoms with Crippen molar-refractivity contribution in [3.8, 4) is 0 Å². The van der Waals surface area contributed by atoms with Crippen LogP contribution in [0.4, 0.5) is 4.39 Å². The van der Waals surface area contributed by atoms with E-state index >= 15 is 0 Å². The number of aryl methyl sites for hydroxylation is 1. The summed E-state index contributed by atoms with van der Waals surface area (Å²) in [6.07, 6.45) is 5.90. The van der Waals surface area contributed by atoms with E-state index in [9.17, 15) is 9.18 Å². The van der Waals surface area contributed by atoms with E-state index in [0.29, 0.717) is 11.9 Å². The number of para-hydroxylation sites is 1. The summed E-state index contributed by atoms with van der Waals surface area (Å²) in [7, 11) is 0. The van der Waals surface area contributed by atoms with Crippen molar-refractivity contribution in [2.24, 2.45) is 5.41 Å². The number of imidazole rings is 1. The van der Waals surface area contributed by atoms with Crippen LogP contribution in [0, 0.1) is 18.2 Å². The number of nitrogens with one attached hydrogen (secondary N) is 1. The fraction of sp³-hybridized carbons (Fsp3) is 0.316. The zero-order valence-electron chi connectivity index (χ0n) is 14.0. The number of fused-ring (bicyclic) bond motifs is 1. The summed E-state index contributed by atoms with van der Waals surface area (Å²) in [5, 5.41) is 3.65. The molecule has 6 heteroatoms. The van der Waals surface area contributed by atoms with Crippen molar-refractivity contribution in [1.29, 1.82) is 0 Å². The summed E-state index contributed by atoms with van der Waals surface area (Å²) in [5.41, 5.74) is 0.556. The summed E-state index contributed by atoms with van der Waals surface area (Å²) in [6.45, 7) is 3.40. The molecule has 1 aliphatic rings. The fourth-order valence-electron chi connectivity index (χ4n) is 3.10. The molecule has 0 aliphatic heterocycles. The summed E-state index contributed by atoms with van der Waals surface area (Å²) in [4.78, 5) is 20.9. The molecule has 1 saturated carbocycles. The Morgan fingerprint density at radius 1 is 1.32 bits per heavy atom. The average molecular weight is 338 g/mol. The second kappa shape index (κ2) is 5.95. The van der Waals surface area contributed by atoms with E-state index in [1.165, 1.54) is 6.07 Å². The Labute approximate surface area is 144 Å². The number of rotatable bonds is 5. The van der Waals surface area contributed by atoms with E-state index in [1.54, 1.807) is 30.5 Å². The van der Waals surface area contributed by atoms with Gasteiger partial charge in [-0.1, -0.05) is 18.2 Å². The summed E-state index contributed by atoms with van der Waals surface area (Å²) in [5.74, 6) is 0.296. The van der Waals surface area contributed by atoms with Gasteiger partial charge in [0.2, 0.25) is 0 Å². The Kier molecular flexibility index (Phi) is 3.75. The molecule has 1 fully saturated rings. The molecule has 3 aromatic rings. The smallest absolute Gasteiger partial charge is 0.269 e. The zero-order valence-corrected chi connectivity index (χ0v) is 14.0. The molecule has 128 valence electrons. The highest BCUT2D eigenvalue weighted by Gasteiger charge is 2.43. The molecule has 4 rings (SSSR count). The number of amides is 1. The highest BCUT2D eigenvalue weighted by molar-refractivity contribution is 5.95. The zero-order chi connectivity index (χ0) is 17.4. The van der Waals surface area contributed by atoms with Gasteiger partial charge < -0.3 is 9.88 Å². The van der Waals surface area contributed by atoms with Gasteiger partial charge in [0, 0.05) is 36.3 Å². The highest BCUT2D eigenvalue weighted by atomic mass is 19.1. The van der Waals surface area contributed by atoms with Crippen LogP contribution < -0.4 is 5.32 Å². The number of carbonyl (C=O) groups is 1. The van der Waals surface area contributed by atoms with Crippen molar-refractivity contribution in [3.05, 3.63) is 60.1 Å². The van der Waals surface area contributed by atoms with E-state index in [-0.39, 0.29) is 22.5 Å². The third-order valence-corrected chi connectivity index (χ3v) is 4.91. The number of hydrogen-bond donors (Lipinski definition) is 1. The van der Waals surface area contributed by atoms with Gasteiger partial charge in [-0.2, -0.15) is 0 Å². The first-order valence-electron chi connectivity index (χ1n) is 8.38. The number of aromatic nitrogens is 3. The lowest BCUT2D eigenvalue weighted by molar-refractivity contribution is 0.0938. The second-order valence-electron chi connectivity index (χ2n) is 6.79. The van der Waals surface area contributed by atoms with Crippen LogP contribution in [0.1, 0.15) is 29.2 Å². The minimum absolute atomic E-state index is 0.0865. The molecule has 0 spiro atoms. The SMILES string of the molecule is Cc1nccn1CC1(CNC(=O)c2ccc3cccc(F)c3n2)CC1. The van der Waals surface area contributed by atoms with Gasteiger partial charge in [-0.3, -0.25) is 4.79 Å². The topological polar surface area (TPSA) is 59.8 Å². The number of halogens is 1.